The molecule has 24 heavy (non-hydrogen) atoms. The second kappa shape index (κ2) is 11.7. The van der Waals surface area contributed by atoms with Crippen molar-refractivity contribution in [1.82, 2.24) is 15.5 Å². The maximum atomic E-state index is 5.17. The van der Waals surface area contributed by atoms with E-state index < -0.39 is 0 Å². The number of hydrogen-bond donors (Lipinski definition) is 2. The van der Waals surface area contributed by atoms with Gasteiger partial charge in [0.1, 0.15) is 5.75 Å². The van der Waals surface area contributed by atoms with Crippen LogP contribution in [0.1, 0.15) is 32.3 Å². The van der Waals surface area contributed by atoms with Crippen LogP contribution in [0.5, 0.6) is 5.75 Å². The second-order valence-electron chi connectivity index (χ2n) is 6.31. The van der Waals surface area contributed by atoms with Gasteiger partial charge >= 0.3 is 0 Å². The van der Waals surface area contributed by atoms with E-state index in [9.17, 15) is 0 Å². The fourth-order valence-corrected chi connectivity index (χ4v) is 2.29. The summed E-state index contributed by atoms with van der Waals surface area (Å²) >= 11 is 0. The summed E-state index contributed by atoms with van der Waals surface area (Å²) in [6, 6.07) is 8.81. The molecule has 0 aliphatic heterocycles. The molecule has 0 aliphatic carbocycles. The van der Waals surface area contributed by atoms with Gasteiger partial charge in [-0.05, 0) is 64.4 Å². The van der Waals surface area contributed by atoms with E-state index >= 15 is 0 Å². The molecule has 0 heterocycles. The first kappa shape index (κ1) is 20.3. The Hall–Kier alpha value is -1.75. The number of unbranched alkanes of at least 4 members (excludes halogenated alkanes) is 1. The predicted octanol–water partition coefficient (Wildman–Crippen LogP) is 2.52. The molecule has 5 nitrogen and oxygen atoms in total. The number of benzene rings is 1. The summed E-state index contributed by atoms with van der Waals surface area (Å²) in [5, 5.41) is 6.74. The average Bonchev–Trinajstić information content (AvgIpc) is 2.60. The lowest BCUT2D eigenvalue weighted by atomic mass is 10.1. The van der Waals surface area contributed by atoms with Gasteiger partial charge in [0.05, 0.1) is 7.11 Å². The van der Waals surface area contributed by atoms with Crippen LogP contribution in [0.25, 0.3) is 0 Å². The predicted molar refractivity (Wildman–Crippen MR) is 103 cm³/mol. The molecule has 1 aromatic rings. The first-order valence-electron chi connectivity index (χ1n) is 8.84. The molecule has 2 N–H and O–H groups in total. The highest BCUT2D eigenvalue weighted by atomic mass is 16.5. The highest BCUT2D eigenvalue weighted by Crippen LogP contribution is 2.11. The molecule has 0 aliphatic rings. The normalized spacial score (nSPS) is 11.9. The van der Waals surface area contributed by atoms with Crippen molar-refractivity contribution in [3.05, 3.63) is 29.8 Å². The molecule has 0 fully saturated rings. The highest BCUT2D eigenvalue weighted by Gasteiger charge is 2.02. The van der Waals surface area contributed by atoms with Crippen LogP contribution in [0, 0.1) is 0 Å². The number of methoxy groups -OCH3 is 1. The van der Waals surface area contributed by atoms with Gasteiger partial charge in [0, 0.05) is 26.2 Å². The minimum absolute atomic E-state index is 0.616. The van der Waals surface area contributed by atoms with Crippen LogP contribution in [0.2, 0.25) is 0 Å². The molecule has 0 amide bonds. The number of rotatable bonds is 10. The Morgan fingerprint density at radius 2 is 1.79 bits per heavy atom. The molecule has 0 unspecified atom stereocenters. The molecule has 0 saturated heterocycles. The summed E-state index contributed by atoms with van der Waals surface area (Å²) < 4.78 is 5.17. The summed E-state index contributed by atoms with van der Waals surface area (Å²) in [4.78, 5) is 6.65. The molecule has 1 aromatic carbocycles. The number of ether oxygens (including phenoxy) is 1. The van der Waals surface area contributed by atoms with E-state index in [-0.39, 0.29) is 0 Å². The molecule has 0 radical (unpaired) electrons. The van der Waals surface area contributed by atoms with E-state index in [0.29, 0.717) is 6.04 Å². The van der Waals surface area contributed by atoms with Crippen molar-refractivity contribution in [2.24, 2.45) is 4.99 Å². The highest BCUT2D eigenvalue weighted by molar-refractivity contribution is 5.79. The Labute approximate surface area is 147 Å². The first-order valence-corrected chi connectivity index (χ1v) is 8.84. The minimum Gasteiger partial charge on any atom is -0.497 e. The van der Waals surface area contributed by atoms with Crippen LogP contribution in [0.15, 0.2) is 29.3 Å². The molecule has 0 saturated carbocycles. The van der Waals surface area contributed by atoms with E-state index in [0.717, 1.165) is 44.2 Å². The maximum Gasteiger partial charge on any atom is 0.190 e. The van der Waals surface area contributed by atoms with Crippen LogP contribution in [0.4, 0.5) is 0 Å². The van der Waals surface area contributed by atoms with Crippen LogP contribution in [-0.4, -0.2) is 57.7 Å². The lowest BCUT2D eigenvalue weighted by molar-refractivity contribution is 0.268. The lowest BCUT2D eigenvalue weighted by Gasteiger charge is -2.20. The van der Waals surface area contributed by atoms with Crippen LogP contribution >= 0.6 is 0 Å². The number of guanidine groups is 1. The van der Waals surface area contributed by atoms with Gasteiger partial charge in [-0.2, -0.15) is 0 Å². The van der Waals surface area contributed by atoms with Crippen molar-refractivity contribution < 1.29 is 4.74 Å². The maximum absolute atomic E-state index is 5.17. The standard InChI is InChI=1S/C19H34N4O/c1-16(2)23(4)15-7-6-13-21-19(20-3)22-14-12-17-8-10-18(24-5)11-9-17/h8-11,16H,6-7,12-15H2,1-5H3,(H2,20,21,22). The molecular weight excluding hydrogens is 300 g/mol. The molecule has 0 atom stereocenters. The summed E-state index contributed by atoms with van der Waals surface area (Å²) in [5.74, 6) is 1.77. The van der Waals surface area contributed by atoms with Gasteiger partial charge in [-0.1, -0.05) is 12.1 Å². The zero-order chi connectivity index (χ0) is 17.8. The topological polar surface area (TPSA) is 48.9 Å². The number of nitrogens with one attached hydrogen (secondary N) is 2. The molecule has 0 spiro atoms. The quantitative estimate of drug-likeness (QED) is 0.392. The van der Waals surface area contributed by atoms with Gasteiger partial charge in [-0.3, -0.25) is 4.99 Å². The molecule has 0 aromatic heterocycles. The van der Waals surface area contributed by atoms with Crippen molar-refractivity contribution >= 4 is 5.96 Å². The van der Waals surface area contributed by atoms with E-state index in [2.05, 4.69) is 53.6 Å². The summed E-state index contributed by atoms with van der Waals surface area (Å²) in [7, 11) is 5.68. The minimum atomic E-state index is 0.616. The van der Waals surface area contributed by atoms with Crippen LogP contribution < -0.4 is 15.4 Å². The number of nitrogens with zero attached hydrogens (tertiary/aromatic N) is 2. The van der Waals surface area contributed by atoms with Gasteiger partial charge in [-0.15, -0.1) is 0 Å². The Morgan fingerprint density at radius 3 is 2.38 bits per heavy atom. The van der Waals surface area contributed by atoms with Crippen LogP contribution in [-0.2, 0) is 6.42 Å². The number of hydrogen-bond acceptors (Lipinski definition) is 3. The Morgan fingerprint density at radius 1 is 1.12 bits per heavy atom. The van der Waals surface area contributed by atoms with Crippen molar-refractivity contribution in [2.75, 3.05) is 40.8 Å². The zero-order valence-corrected chi connectivity index (χ0v) is 15.9. The van der Waals surface area contributed by atoms with E-state index in [1.165, 1.54) is 12.0 Å². The Balaban J connectivity index is 2.16. The third-order valence-corrected chi connectivity index (χ3v) is 4.20. The average molecular weight is 335 g/mol. The van der Waals surface area contributed by atoms with Gasteiger partial charge in [0.25, 0.3) is 0 Å². The molecule has 136 valence electrons. The monoisotopic (exact) mass is 334 g/mol. The Bertz CT molecular complexity index is 471. The largest absolute Gasteiger partial charge is 0.497 e. The number of aliphatic imine (C=N–C) groups is 1. The SMILES string of the molecule is CN=C(NCCCCN(C)C(C)C)NCCc1ccc(OC)cc1. The second-order valence-corrected chi connectivity index (χ2v) is 6.31. The van der Waals surface area contributed by atoms with E-state index in [1.54, 1.807) is 7.11 Å². The zero-order valence-electron chi connectivity index (χ0n) is 15.9. The fourth-order valence-electron chi connectivity index (χ4n) is 2.29. The molecular formula is C19H34N4O. The molecule has 0 bridgehead atoms. The third-order valence-electron chi connectivity index (χ3n) is 4.20. The Kier molecular flexibility index (Phi) is 9.92. The fraction of sp³-hybridized carbons (Fsp3) is 0.632. The van der Waals surface area contributed by atoms with Gasteiger partial charge < -0.3 is 20.3 Å². The van der Waals surface area contributed by atoms with Crippen molar-refractivity contribution in [2.45, 2.75) is 39.2 Å². The molecule has 5 heteroatoms. The van der Waals surface area contributed by atoms with Crippen molar-refractivity contribution in [1.29, 1.82) is 0 Å². The summed E-state index contributed by atoms with van der Waals surface area (Å²) in [6.45, 7) is 7.42. The van der Waals surface area contributed by atoms with Crippen LogP contribution in [0.3, 0.4) is 0 Å². The summed E-state index contributed by atoms with van der Waals surface area (Å²) in [5.41, 5.74) is 1.29. The van der Waals surface area contributed by atoms with E-state index in [4.69, 9.17) is 4.74 Å². The third kappa shape index (κ3) is 8.20. The van der Waals surface area contributed by atoms with E-state index in [1.807, 2.05) is 19.2 Å². The lowest BCUT2D eigenvalue weighted by Crippen LogP contribution is -2.39. The van der Waals surface area contributed by atoms with Gasteiger partial charge in [0.2, 0.25) is 0 Å². The van der Waals surface area contributed by atoms with Crippen molar-refractivity contribution in [3.8, 4) is 5.75 Å². The smallest absolute Gasteiger partial charge is 0.190 e. The first-order chi connectivity index (χ1) is 11.6. The summed E-state index contributed by atoms with van der Waals surface area (Å²) in [6.07, 6.45) is 3.31. The van der Waals surface area contributed by atoms with Crippen molar-refractivity contribution in [3.63, 3.8) is 0 Å². The molecule has 1 rings (SSSR count). The van der Waals surface area contributed by atoms with Gasteiger partial charge in [-0.25, -0.2) is 0 Å². The van der Waals surface area contributed by atoms with Gasteiger partial charge in [0.15, 0.2) is 5.96 Å².